The van der Waals surface area contributed by atoms with Gasteiger partial charge in [-0.15, -0.1) is 12.4 Å². The maximum Gasteiger partial charge on any atom is 0.408 e. The summed E-state index contributed by atoms with van der Waals surface area (Å²) in [6.45, 7) is 1.91. The van der Waals surface area contributed by atoms with Crippen molar-refractivity contribution in [3.05, 3.63) is 78.4 Å². The lowest BCUT2D eigenvalue weighted by molar-refractivity contribution is -0.131. The van der Waals surface area contributed by atoms with Crippen LogP contribution in [0, 0.1) is 0 Å². The van der Waals surface area contributed by atoms with Crippen molar-refractivity contribution in [2.75, 3.05) is 18.4 Å². The minimum absolute atomic E-state index is 0. The van der Waals surface area contributed by atoms with Crippen LogP contribution in [0.25, 0.3) is 10.8 Å². The quantitative estimate of drug-likeness (QED) is 0.0578. The fourth-order valence-corrected chi connectivity index (χ4v) is 4.62. The van der Waals surface area contributed by atoms with E-state index in [0.717, 1.165) is 16.3 Å². The Labute approximate surface area is 291 Å². The van der Waals surface area contributed by atoms with Crippen LogP contribution in [0.2, 0.25) is 0 Å². The number of aliphatic imine (C=N–C) groups is 2. The molecule has 16 heteroatoms. The van der Waals surface area contributed by atoms with E-state index in [1.54, 1.807) is 18.2 Å². The van der Waals surface area contributed by atoms with Gasteiger partial charge in [0.15, 0.2) is 11.9 Å². The third-order valence-electron chi connectivity index (χ3n) is 7.11. The van der Waals surface area contributed by atoms with E-state index in [1.165, 1.54) is 6.92 Å². The Morgan fingerprint density at radius 1 is 0.694 bits per heavy atom. The van der Waals surface area contributed by atoms with Crippen LogP contribution in [0.5, 0.6) is 0 Å². The van der Waals surface area contributed by atoms with Crippen LogP contribution in [0.15, 0.2) is 82.8 Å². The molecule has 0 aliphatic heterocycles. The van der Waals surface area contributed by atoms with Gasteiger partial charge in [-0.2, -0.15) is 0 Å². The van der Waals surface area contributed by atoms with E-state index in [-0.39, 0.29) is 56.9 Å². The van der Waals surface area contributed by atoms with E-state index < -0.39 is 41.9 Å². The van der Waals surface area contributed by atoms with Crippen molar-refractivity contribution in [3.8, 4) is 0 Å². The smallest absolute Gasteiger partial charge is 0.408 e. The summed E-state index contributed by atoms with van der Waals surface area (Å²) in [6, 6.07) is 19.1. The normalized spacial score (nSPS) is 12.2. The van der Waals surface area contributed by atoms with E-state index in [0.29, 0.717) is 18.5 Å². The van der Waals surface area contributed by atoms with Gasteiger partial charge in [-0.3, -0.25) is 24.4 Å². The monoisotopic (exact) mass is 696 g/mol. The first-order valence-corrected chi connectivity index (χ1v) is 15.5. The zero-order chi connectivity index (χ0) is 34.9. The van der Waals surface area contributed by atoms with Crippen molar-refractivity contribution in [3.63, 3.8) is 0 Å². The number of carbonyl (C=O) groups is 4. The van der Waals surface area contributed by atoms with Crippen molar-refractivity contribution in [1.82, 2.24) is 16.0 Å². The molecule has 3 unspecified atom stereocenters. The van der Waals surface area contributed by atoms with Crippen molar-refractivity contribution >= 4 is 64.6 Å². The molecule has 3 rings (SSSR count). The fraction of sp³-hybridized carbons (Fsp3) is 0.333. The second-order valence-electron chi connectivity index (χ2n) is 11.0. The van der Waals surface area contributed by atoms with E-state index in [1.807, 2.05) is 54.6 Å². The molecule has 12 N–H and O–H groups in total. The zero-order valence-electron chi connectivity index (χ0n) is 27.3. The number of ether oxygens (including phenoxy) is 1. The number of carbonyl (C=O) groups excluding carboxylic acids is 4. The number of alkyl carbamates (subject to hydrolysis) is 1. The lowest BCUT2D eigenvalue weighted by atomic mass is 10.1. The fourth-order valence-electron chi connectivity index (χ4n) is 4.62. The Kier molecular flexibility index (Phi) is 16.7. The number of halogens is 1. The van der Waals surface area contributed by atoms with Gasteiger partial charge in [-0.25, -0.2) is 4.79 Å². The van der Waals surface area contributed by atoms with E-state index in [2.05, 4.69) is 31.3 Å². The third kappa shape index (κ3) is 14.4. The molecule has 3 atom stereocenters. The number of fused-ring (bicyclic) bond motifs is 1. The third-order valence-corrected chi connectivity index (χ3v) is 7.11. The van der Waals surface area contributed by atoms with E-state index in [4.69, 9.17) is 27.7 Å². The summed E-state index contributed by atoms with van der Waals surface area (Å²) in [7, 11) is 0. The Morgan fingerprint density at radius 2 is 1.24 bits per heavy atom. The minimum Gasteiger partial charge on any atom is -0.445 e. The number of amides is 4. The van der Waals surface area contributed by atoms with Gasteiger partial charge in [-0.1, -0.05) is 60.7 Å². The maximum absolute atomic E-state index is 13.6. The molecule has 0 radical (unpaired) electrons. The summed E-state index contributed by atoms with van der Waals surface area (Å²) >= 11 is 0. The lowest BCUT2D eigenvalue weighted by Crippen LogP contribution is -2.55. The highest BCUT2D eigenvalue weighted by Crippen LogP contribution is 2.19. The number of benzene rings is 3. The largest absolute Gasteiger partial charge is 0.445 e. The molecule has 0 aromatic heterocycles. The van der Waals surface area contributed by atoms with Crippen molar-refractivity contribution < 1.29 is 23.9 Å². The van der Waals surface area contributed by atoms with Crippen LogP contribution >= 0.6 is 12.4 Å². The summed E-state index contributed by atoms with van der Waals surface area (Å²) in [5.74, 6) is -1.93. The summed E-state index contributed by atoms with van der Waals surface area (Å²) in [5, 5.41) is 12.7. The van der Waals surface area contributed by atoms with Crippen LogP contribution in [0.1, 0.15) is 38.2 Å². The Morgan fingerprint density at radius 3 is 1.86 bits per heavy atom. The summed E-state index contributed by atoms with van der Waals surface area (Å²) in [5.41, 5.74) is 23.0. The van der Waals surface area contributed by atoms with E-state index >= 15 is 0 Å². The topological polar surface area (TPSA) is 254 Å². The molecule has 4 amide bonds. The van der Waals surface area contributed by atoms with Gasteiger partial charge in [-0.05, 0) is 61.1 Å². The zero-order valence-corrected chi connectivity index (χ0v) is 28.1. The molecule has 0 saturated heterocycles. The molecular formula is C33H45ClN10O5. The highest BCUT2D eigenvalue weighted by Gasteiger charge is 2.28. The van der Waals surface area contributed by atoms with Gasteiger partial charge < -0.3 is 48.9 Å². The van der Waals surface area contributed by atoms with Crippen LogP contribution in [-0.2, 0) is 25.7 Å². The summed E-state index contributed by atoms with van der Waals surface area (Å²) in [6.07, 6.45) is 0.229. The second kappa shape index (κ2) is 20.6. The Bertz CT molecular complexity index is 1600. The summed E-state index contributed by atoms with van der Waals surface area (Å²) < 4.78 is 5.20. The van der Waals surface area contributed by atoms with Gasteiger partial charge in [0.05, 0.1) is 0 Å². The molecule has 0 aliphatic rings. The standard InChI is InChI=1S/C33H44N10O5.ClH/c1-21(40-33(47)48-20-22-9-3-2-4-10-22)28(44)42-27(14-8-18-39-32(36)37)30(46)43-26(13-7-17-38-31(34)35)29(45)41-25-16-15-23-11-5-6-12-24(23)19-25;/h2-6,9-12,15-16,19,21,26-27H,7-8,13-14,17-18,20H2,1H3,(H,40,47)(H,41,45)(H,42,44)(H,43,46)(H4,34,35,38)(H4,36,37,39);1H. The number of rotatable bonds is 17. The van der Waals surface area contributed by atoms with Crippen LogP contribution < -0.4 is 44.2 Å². The molecule has 0 aliphatic carbocycles. The second-order valence-corrected chi connectivity index (χ2v) is 11.0. The number of hydrogen-bond donors (Lipinski definition) is 8. The molecule has 0 saturated carbocycles. The Balaban J connectivity index is 0.00000833. The van der Waals surface area contributed by atoms with Crippen molar-refractivity contribution in [1.29, 1.82) is 0 Å². The molecule has 264 valence electrons. The summed E-state index contributed by atoms with van der Waals surface area (Å²) in [4.78, 5) is 60.4. The van der Waals surface area contributed by atoms with Gasteiger partial charge in [0.1, 0.15) is 24.7 Å². The van der Waals surface area contributed by atoms with Gasteiger partial charge in [0.25, 0.3) is 0 Å². The average molecular weight is 697 g/mol. The molecule has 0 spiro atoms. The predicted molar refractivity (Wildman–Crippen MR) is 193 cm³/mol. The average Bonchev–Trinajstić information content (AvgIpc) is 3.06. The van der Waals surface area contributed by atoms with Gasteiger partial charge >= 0.3 is 6.09 Å². The van der Waals surface area contributed by atoms with Crippen molar-refractivity contribution in [2.45, 2.75) is 57.3 Å². The molecule has 49 heavy (non-hydrogen) atoms. The van der Waals surface area contributed by atoms with Gasteiger partial charge in [0, 0.05) is 18.8 Å². The number of anilines is 1. The number of nitrogens with one attached hydrogen (secondary N) is 4. The first-order chi connectivity index (χ1) is 23.0. The SMILES string of the molecule is CC(NC(=O)OCc1ccccc1)C(=O)NC(CCCN=C(N)N)C(=O)NC(CCCN=C(N)N)C(=O)Nc1ccc2ccccc2c1.Cl. The lowest BCUT2D eigenvalue weighted by Gasteiger charge is -2.24. The van der Waals surface area contributed by atoms with Crippen LogP contribution in [0.4, 0.5) is 10.5 Å². The minimum atomic E-state index is -1.09. The van der Waals surface area contributed by atoms with Crippen molar-refractivity contribution in [2.24, 2.45) is 32.9 Å². The predicted octanol–water partition coefficient (Wildman–Crippen LogP) is 1.59. The van der Waals surface area contributed by atoms with Gasteiger partial charge in [0.2, 0.25) is 17.7 Å². The molecule has 0 bridgehead atoms. The van der Waals surface area contributed by atoms with E-state index in [9.17, 15) is 19.2 Å². The molecule has 15 nitrogen and oxygen atoms in total. The van der Waals surface area contributed by atoms with Crippen LogP contribution in [-0.4, -0.2) is 66.9 Å². The molecule has 0 fully saturated rings. The number of hydrogen-bond acceptors (Lipinski definition) is 7. The number of nitrogens with two attached hydrogens (primary N) is 4. The number of guanidine groups is 2. The maximum atomic E-state index is 13.6. The molecule has 3 aromatic rings. The highest BCUT2D eigenvalue weighted by atomic mass is 35.5. The molecular weight excluding hydrogens is 652 g/mol. The van der Waals surface area contributed by atoms with Crippen LogP contribution in [0.3, 0.4) is 0 Å². The number of nitrogens with zero attached hydrogens (tertiary/aromatic N) is 2. The molecule has 0 heterocycles. The first kappa shape index (κ1) is 39.6. The highest BCUT2D eigenvalue weighted by molar-refractivity contribution is 6.00. The first-order valence-electron chi connectivity index (χ1n) is 15.5. The Hall–Kier alpha value is -5.57. The molecule has 3 aromatic carbocycles.